The number of benzene rings is 2. The van der Waals surface area contributed by atoms with Crippen molar-refractivity contribution in [1.82, 2.24) is 4.98 Å². The van der Waals surface area contributed by atoms with E-state index in [0.29, 0.717) is 29.2 Å². The number of amides is 1. The van der Waals surface area contributed by atoms with Crippen LogP contribution in [0.15, 0.2) is 54.7 Å². The number of anilines is 2. The number of nitrogens with zero attached hydrogens (tertiary/aromatic N) is 3. The molecule has 1 aliphatic rings. The smallest absolute Gasteiger partial charge is 0.457 e. The van der Waals surface area contributed by atoms with Gasteiger partial charge >= 0.3 is 12.4 Å². The Bertz CT molecular complexity index is 1300. The molecule has 1 amide bonds. The number of nitriles is 1. The lowest BCUT2D eigenvalue weighted by Gasteiger charge is -2.31. The molecule has 1 aromatic heterocycles. The van der Waals surface area contributed by atoms with Gasteiger partial charge in [-0.3, -0.25) is 10.2 Å². The molecule has 2 aromatic carbocycles. The maximum Gasteiger partial charge on any atom is 0.540 e. The van der Waals surface area contributed by atoms with Gasteiger partial charge in [0.05, 0.1) is 16.9 Å². The molecule has 0 saturated carbocycles. The summed E-state index contributed by atoms with van der Waals surface area (Å²) in [6.07, 6.45) is -7.08. The second-order valence-corrected chi connectivity index (χ2v) is 7.02. The molecule has 174 valence electrons. The lowest BCUT2D eigenvalue weighted by Crippen LogP contribution is -2.41. The van der Waals surface area contributed by atoms with Crippen LogP contribution >= 0.6 is 0 Å². The number of hydrogen-bond acceptors (Lipinski definition) is 7. The molecule has 1 aliphatic heterocycles. The molecule has 0 unspecified atom stereocenters. The normalized spacial score (nSPS) is 15.3. The fourth-order valence-electron chi connectivity index (χ4n) is 3.12. The number of carbonyl (C=O) groups excluding carboxylic acids is 1. The van der Waals surface area contributed by atoms with Gasteiger partial charge < -0.3 is 9.47 Å². The number of alkyl halides is 4. The Kier molecular flexibility index (Phi) is 5.72. The molecule has 0 atom stereocenters. The zero-order valence-corrected chi connectivity index (χ0v) is 17.3. The summed E-state index contributed by atoms with van der Waals surface area (Å²) in [5.41, 5.74) is 2.95. The number of nitrogens with one attached hydrogen (secondary N) is 1. The molecule has 12 heteroatoms. The minimum absolute atomic E-state index is 0.0774. The number of hydrazine groups is 1. The highest BCUT2D eigenvalue weighted by atomic mass is 19.3. The molecule has 0 spiro atoms. The summed E-state index contributed by atoms with van der Waals surface area (Å²) >= 11 is 0. The second kappa shape index (κ2) is 8.53. The molecule has 0 aliphatic carbocycles. The predicted molar refractivity (Wildman–Crippen MR) is 109 cm³/mol. The SMILES string of the molecule is Cc1cc(Oc2ccnc(C#N)c2)ccc1NN(C=O)c1ccc2c(c1)C(F)(F)OC(F)(F)O2. The van der Waals surface area contributed by atoms with Gasteiger partial charge in [-0.05, 0) is 55.0 Å². The van der Waals surface area contributed by atoms with Crippen LogP contribution in [0.25, 0.3) is 0 Å². The number of hydrogen-bond donors (Lipinski definition) is 1. The summed E-state index contributed by atoms with van der Waals surface area (Å²) in [5.74, 6) is 0.0508. The molecule has 3 aromatic rings. The van der Waals surface area contributed by atoms with Gasteiger partial charge in [0.15, 0.2) is 0 Å². The van der Waals surface area contributed by atoms with E-state index in [-0.39, 0.29) is 11.4 Å². The van der Waals surface area contributed by atoms with E-state index >= 15 is 0 Å². The Balaban J connectivity index is 1.55. The highest BCUT2D eigenvalue weighted by Gasteiger charge is 2.54. The molecule has 0 radical (unpaired) electrons. The molecule has 8 nitrogen and oxygen atoms in total. The first kappa shape index (κ1) is 22.8. The van der Waals surface area contributed by atoms with Crippen LogP contribution in [0.3, 0.4) is 0 Å². The minimum atomic E-state index is -4.49. The van der Waals surface area contributed by atoms with Crippen molar-refractivity contribution in [1.29, 1.82) is 5.26 Å². The Morgan fingerprint density at radius 2 is 1.88 bits per heavy atom. The first-order valence-electron chi connectivity index (χ1n) is 9.55. The van der Waals surface area contributed by atoms with Gasteiger partial charge in [-0.1, -0.05) is 0 Å². The van der Waals surface area contributed by atoms with Crippen LogP contribution in [0.5, 0.6) is 17.2 Å². The van der Waals surface area contributed by atoms with E-state index < -0.39 is 23.7 Å². The molecule has 34 heavy (non-hydrogen) atoms. The molecule has 4 rings (SSSR count). The Hall–Kier alpha value is -4.37. The van der Waals surface area contributed by atoms with Gasteiger partial charge in [-0.25, -0.2) is 14.7 Å². The van der Waals surface area contributed by atoms with Crippen LogP contribution < -0.4 is 19.9 Å². The number of aryl methyl sites for hydroxylation is 1. The topological polar surface area (TPSA) is 96.7 Å². The van der Waals surface area contributed by atoms with Crippen molar-refractivity contribution in [2.75, 3.05) is 10.4 Å². The molecule has 0 saturated heterocycles. The molecule has 2 heterocycles. The molecular formula is C22H14F4N4O4. The highest BCUT2D eigenvalue weighted by molar-refractivity contribution is 5.80. The van der Waals surface area contributed by atoms with E-state index in [1.54, 1.807) is 31.2 Å². The molecule has 1 N–H and O–H groups in total. The highest BCUT2D eigenvalue weighted by Crippen LogP contribution is 2.47. The van der Waals surface area contributed by atoms with E-state index in [9.17, 15) is 22.4 Å². The number of carbonyl (C=O) groups is 1. The Morgan fingerprint density at radius 3 is 2.59 bits per heavy atom. The quantitative estimate of drug-likeness (QED) is 0.303. The van der Waals surface area contributed by atoms with Gasteiger partial charge in [0.1, 0.15) is 29.0 Å². The van der Waals surface area contributed by atoms with Gasteiger partial charge in [-0.2, -0.15) is 14.0 Å². The first-order chi connectivity index (χ1) is 16.1. The summed E-state index contributed by atoms with van der Waals surface area (Å²) in [6.45, 7) is 1.70. The van der Waals surface area contributed by atoms with Crippen molar-refractivity contribution in [3.63, 3.8) is 0 Å². The molecule has 0 fully saturated rings. The van der Waals surface area contributed by atoms with E-state index in [1.807, 2.05) is 6.07 Å². The van der Waals surface area contributed by atoms with Crippen LogP contribution in [0.2, 0.25) is 0 Å². The van der Waals surface area contributed by atoms with Crippen molar-refractivity contribution in [3.8, 4) is 23.3 Å². The summed E-state index contributed by atoms with van der Waals surface area (Å²) in [7, 11) is 0. The number of aromatic nitrogens is 1. The van der Waals surface area contributed by atoms with Crippen molar-refractivity contribution in [3.05, 3.63) is 71.5 Å². The Morgan fingerprint density at radius 1 is 1.12 bits per heavy atom. The van der Waals surface area contributed by atoms with E-state index in [2.05, 4.69) is 19.9 Å². The number of fused-ring (bicyclic) bond motifs is 1. The number of halogens is 4. The maximum atomic E-state index is 14.1. The van der Waals surface area contributed by atoms with Crippen LogP contribution in [0, 0.1) is 18.3 Å². The average molecular weight is 474 g/mol. The Labute approximate surface area is 189 Å². The van der Waals surface area contributed by atoms with Gasteiger partial charge in [0.25, 0.3) is 0 Å². The van der Waals surface area contributed by atoms with Crippen LogP contribution in [-0.4, -0.2) is 17.7 Å². The first-order valence-corrected chi connectivity index (χ1v) is 9.55. The van der Waals surface area contributed by atoms with Gasteiger partial charge in [-0.15, -0.1) is 8.78 Å². The monoisotopic (exact) mass is 474 g/mol. The van der Waals surface area contributed by atoms with Crippen molar-refractivity contribution in [2.24, 2.45) is 0 Å². The van der Waals surface area contributed by atoms with Crippen LogP contribution in [-0.2, 0) is 15.6 Å². The maximum absolute atomic E-state index is 14.1. The minimum Gasteiger partial charge on any atom is -0.457 e. The fourth-order valence-corrected chi connectivity index (χ4v) is 3.12. The lowest BCUT2D eigenvalue weighted by molar-refractivity contribution is -0.461. The van der Waals surface area contributed by atoms with E-state index in [1.165, 1.54) is 12.3 Å². The molecule has 0 bridgehead atoms. The summed E-state index contributed by atoms with van der Waals surface area (Å²) in [5, 5.41) is 9.81. The fraction of sp³-hybridized carbons (Fsp3) is 0.136. The average Bonchev–Trinajstić information content (AvgIpc) is 2.77. The third-order valence-electron chi connectivity index (χ3n) is 4.66. The zero-order chi connectivity index (χ0) is 24.5. The predicted octanol–water partition coefficient (Wildman–Crippen LogP) is 5.05. The number of pyridine rings is 1. The van der Waals surface area contributed by atoms with Crippen molar-refractivity contribution >= 4 is 17.8 Å². The summed E-state index contributed by atoms with van der Waals surface area (Å²) in [4.78, 5) is 15.5. The van der Waals surface area contributed by atoms with Crippen LogP contribution in [0.4, 0.5) is 28.9 Å². The molecular weight excluding hydrogens is 460 g/mol. The number of rotatable bonds is 6. The van der Waals surface area contributed by atoms with Gasteiger partial charge in [0, 0.05) is 12.3 Å². The summed E-state index contributed by atoms with van der Waals surface area (Å²) in [6, 6.07) is 12.6. The third kappa shape index (κ3) is 4.69. The standard InChI is InChI=1S/C22H14F4N4O4/c1-13-8-16(32-17-6-7-28-14(9-17)11-27)3-4-19(13)29-30(12-31)15-2-5-20-18(10-15)21(23,24)34-22(25,26)33-20/h2-10,12,29H,1H3. The van der Waals surface area contributed by atoms with Crippen LogP contribution in [0.1, 0.15) is 16.8 Å². The largest absolute Gasteiger partial charge is 0.540 e. The zero-order valence-electron chi connectivity index (χ0n) is 17.3. The van der Waals surface area contributed by atoms with Crippen molar-refractivity contribution < 1.29 is 36.6 Å². The van der Waals surface area contributed by atoms with E-state index in [4.69, 9.17) is 10.00 Å². The summed E-state index contributed by atoms with van der Waals surface area (Å²) < 4.78 is 67.8. The number of ether oxygens (including phenoxy) is 3. The van der Waals surface area contributed by atoms with Crippen molar-refractivity contribution in [2.45, 2.75) is 19.3 Å². The second-order valence-electron chi connectivity index (χ2n) is 7.02. The third-order valence-corrected chi connectivity index (χ3v) is 4.66. The van der Waals surface area contributed by atoms with Gasteiger partial charge in [0.2, 0.25) is 6.41 Å². The lowest BCUT2D eigenvalue weighted by atomic mass is 10.1. The van der Waals surface area contributed by atoms with E-state index in [0.717, 1.165) is 23.2 Å².